The van der Waals surface area contributed by atoms with Crippen LogP contribution in [0.5, 0.6) is 0 Å². The van der Waals surface area contributed by atoms with Gasteiger partial charge in [-0.3, -0.25) is 49.5 Å². The molecule has 0 fully saturated rings. The molecule has 15 nitrogen and oxygen atoms in total. The Hall–Kier alpha value is -16.1. The quantitative estimate of drug-likeness (QED) is 0.0390. The highest BCUT2D eigenvalue weighted by atomic mass is 16.5. The van der Waals surface area contributed by atoms with E-state index >= 15 is 0 Å². The van der Waals surface area contributed by atoms with Crippen molar-refractivity contribution in [2.24, 2.45) is 0 Å². The molecule has 0 aliphatic carbocycles. The number of nitrogens with one attached hydrogen (secondary N) is 1. The molecule has 10 aromatic carbocycles. The van der Waals surface area contributed by atoms with Crippen LogP contribution in [0.25, 0.3) is 144 Å². The molecule has 0 bridgehead atoms. The number of methoxy groups -OCH3 is 1. The van der Waals surface area contributed by atoms with Crippen molar-refractivity contribution in [3.8, 4) is 78.7 Å². The first-order chi connectivity index (χ1) is 62.2. The van der Waals surface area contributed by atoms with Gasteiger partial charge in [-0.15, -0.1) is 0 Å². The number of nitrogens with zero attached hydrogens (tertiary/aromatic N) is 10. The summed E-state index contributed by atoms with van der Waals surface area (Å²) in [6.07, 6.45) is 20.0. The van der Waals surface area contributed by atoms with Gasteiger partial charge in [-0.25, -0.2) is 14.8 Å². The first kappa shape index (κ1) is 86.3. The fourth-order valence-corrected chi connectivity index (χ4v) is 14.2. The van der Waals surface area contributed by atoms with Crippen molar-refractivity contribution in [1.29, 1.82) is 0 Å². The number of ketones is 1. The van der Waals surface area contributed by atoms with Gasteiger partial charge in [0.1, 0.15) is 0 Å². The van der Waals surface area contributed by atoms with Crippen LogP contribution in [0.15, 0.2) is 420 Å². The highest BCUT2D eigenvalue weighted by molar-refractivity contribution is 6.12. The van der Waals surface area contributed by atoms with Crippen LogP contribution in [-0.2, 0) is 4.74 Å². The lowest BCUT2D eigenvalue weighted by Crippen LogP contribution is -2.24. The van der Waals surface area contributed by atoms with Crippen LogP contribution < -0.4 is 5.32 Å². The zero-order valence-corrected chi connectivity index (χ0v) is 70.4. The van der Waals surface area contributed by atoms with Gasteiger partial charge in [-0.2, -0.15) is 0 Å². The third kappa shape index (κ3) is 23.1. The molecule has 0 unspecified atom stereocenters. The second-order valence-electron chi connectivity index (χ2n) is 29.2. The molecular formula is C111H93N11O4. The molecule has 20 rings (SSSR count). The standard InChI is InChI=1S/C24H16N2.C22H28N2O2.C17H13NO2.C15H11N.C12H8N2.C11H9N.C10H8N2/c1-3-7-17(8-4-1)19-13-15-25-23-21(19)11-12-22-20(14-16-26-24(22)23)18-9-5-2-6-10-18;1-3-5-7-11-21(25)18-10-8-9-17(15-18)20-16-19(12-14-23-20)22(26)24-13-6-4-2;1-20-17(19)14-11-16(12-7-3-2-4-8-12)18-15-10-6-5-9-13(14)15;1-2-6-12(7-3-1)15-11-10-13-8-4-5-9-14(13)16-15;1-3-9-5-6-10-4-2-8-14-12(10)11(9)13-7-1;1-2-6-10(7-3-1)11-8-4-5-9-12-11;1-3-7-11-9(5-1)10-6-2-4-8-12-10/h1-16H;8-10,12,14-16H,3-7,11,13H2,1-2H3,(H,24,26);2-11H,1H3;1-11H;1-8H;1-9H;1-8H. The predicted octanol–water partition coefficient (Wildman–Crippen LogP) is 26.4. The number of aromatic nitrogens is 10. The van der Waals surface area contributed by atoms with E-state index < -0.39 is 0 Å². The second-order valence-corrected chi connectivity index (χ2v) is 29.2. The average Bonchev–Trinajstić information content (AvgIpc) is 0.755. The third-order valence-corrected chi connectivity index (χ3v) is 20.6. The number of ether oxygens (including phenoxy) is 1. The summed E-state index contributed by atoms with van der Waals surface area (Å²) >= 11 is 0. The molecule has 1 amide bonds. The maximum absolute atomic E-state index is 12.3. The molecule has 0 radical (unpaired) electrons. The fourth-order valence-electron chi connectivity index (χ4n) is 14.2. The number of unbranched alkanes of at least 4 members (excludes halogenated alkanes) is 3. The van der Waals surface area contributed by atoms with E-state index in [2.05, 4.69) is 209 Å². The van der Waals surface area contributed by atoms with E-state index in [1.807, 2.05) is 231 Å². The molecule has 0 saturated heterocycles. The minimum Gasteiger partial charge on any atom is -0.465 e. The summed E-state index contributed by atoms with van der Waals surface area (Å²) in [5.74, 6) is -0.275. The number of Topliss-reactive ketones (excluding diaryl/α,β-unsaturated/α-hetero) is 1. The lowest BCUT2D eigenvalue weighted by Gasteiger charge is -2.11. The lowest BCUT2D eigenvalue weighted by atomic mass is 9.97. The van der Waals surface area contributed by atoms with Gasteiger partial charge >= 0.3 is 5.97 Å². The van der Waals surface area contributed by atoms with E-state index in [0.29, 0.717) is 35.3 Å². The molecule has 616 valence electrons. The number of carbonyl (C=O) groups is 3. The minimum absolute atomic E-state index is 0.0890. The Morgan fingerprint density at radius 2 is 0.722 bits per heavy atom. The summed E-state index contributed by atoms with van der Waals surface area (Å²) in [5.41, 5.74) is 21.8. The second kappa shape index (κ2) is 45.0. The molecular weight excluding hydrogens is 1550 g/mol. The molecule has 0 aliphatic heterocycles. The largest absolute Gasteiger partial charge is 0.465 e. The SMILES string of the molecule is CCCCCC(=O)c1cccc(-c2cc(C(=O)NCCCC)ccn2)c1.COC(=O)c1cc(-c2ccccc2)nc2ccccc12.c1ccc(-c2ccc3ccccc3n2)cc1.c1ccc(-c2ccccn2)cc1.c1ccc(-c2ccccn2)nc1.c1ccc(-c2ccnc3c2ccc2c(-c4ccccc4)ccnc23)cc1.c1cnc2c(c1)ccc1cccnc12. The van der Waals surface area contributed by atoms with Crippen LogP contribution in [0.3, 0.4) is 0 Å². The summed E-state index contributed by atoms with van der Waals surface area (Å²) < 4.78 is 4.87. The average molecular weight is 1650 g/mol. The maximum atomic E-state index is 12.3. The summed E-state index contributed by atoms with van der Waals surface area (Å²) in [7, 11) is 1.39. The van der Waals surface area contributed by atoms with Crippen molar-refractivity contribution in [1.82, 2.24) is 55.2 Å². The van der Waals surface area contributed by atoms with Gasteiger partial charge in [-0.1, -0.05) is 300 Å². The van der Waals surface area contributed by atoms with Crippen molar-refractivity contribution in [2.45, 2.75) is 52.4 Å². The highest BCUT2D eigenvalue weighted by Gasteiger charge is 2.17. The molecule has 20 aromatic rings. The maximum Gasteiger partial charge on any atom is 0.338 e. The zero-order chi connectivity index (χ0) is 86.7. The van der Waals surface area contributed by atoms with E-state index in [4.69, 9.17) is 4.74 Å². The lowest BCUT2D eigenvalue weighted by molar-refractivity contribution is 0.0602. The number of carbonyl (C=O) groups excluding carboxylic acids is 3. The van der Waals surface area contributed by atoms with E-state index in [0.717, 1.165) is 143 Å². The Bertz CT molecular complexity index is 6540. The van der Waals surface area contributed by atoms with Crippen molar-refractivity contribution < 1.29 is 19.1 Å². The smallest absolute Gasteiger partial charge is 0.338 e. The van der Waals surface area contributed by atoms with Crippen LogP contribution in [0.1, 0.15) is 83.4 Å². The molecule has 0 saturated carbocycles. The Kier molecular flexibility index (Phi) is 30.8. The number of esters is 1. The first-order valence-electron chi connectivity index (χ1n) is 42.2. The Morgan fingerprint density at radius 3 is 1.26 bits per heavy atom. The van der Waals surface area contributed by atoms with Gasteiger partial charge in [0, 0.05) is 128 Å². The van der Waals surface area contributed by atoms with Crippen LogP contribution in [0, 0.1) is 0 Å². The highest BCUT2D eigenvalue weighted by Crippen LogP contribution is 2.36. The molecule has 10 aromatic heterocycles. The number of rotatable bonds is 17. The van der Waals surface area contributed by atoms with Gasteiger partial charge in [0.15, 0.2) is 5.78 Å². The molecule has 126 heavy (non-hydrogen) atoms. The van der Waals surface area contributed by atoms with Crippen LogP contribution in [-0.4, -0.2) is 81.2 Å². The van der Waals surface area contributed by atoms with Crippen LogP contribution in [0.4, 0.5) is 0 Å². The normalized spacial score (nSPS) is 10.5. The number of amides is 1. The third-order valence-electron chi connectivity index (χ3n) is 20.6. The molecule has 15 heteroatoms. The number of para-hydroxylation sites is 2. The number of fused-ring (bicyclic) bond motifs is 8. The van der Waals surface area contributed by atoms with Gasteiger partial charge in [0.05, 0.1) is 79.9 Å². The monoisotopic (exact) mass is 1640 g/mol. The Morgan fingerprint density at radius 1 is 0.286 bits per heavy atom. The fraction of sp³-hybridized carbons (Fsp3) is 0.0901. The van der Waals surface area contributed by atoms with Crippen molar-refractivity contribution in [3.05, 3.63) is 436 Å². The van der Waals surface area contributed by atoms with E-state index in [1.54, 1.807) is 49.2 Å². The summed E-state index contributed by atoms with van der Waals surface area (Å²) in [6, 6.07) is 122. The van der Waals surface area contributed by atoms with Gasteiger partial charge in [0.25, 0.3) is 5.91 Å². The van der Waals surface area contributed by atoms with Crippen LogP contribution >= 0.6 is 0 Å². The summed E-state index contributed by atoms with van der Waals surface area (Å²) in [5, 5.41) is 9.44. The molecule has 0 aliphatic rings. The van der Waals surface area contributed by atoms with Crippen LogP contribution in [0.2, 0.25) is 0 Å². The Balaban J connectivity index is 0.000000122. The van der Waals surface area contributed by atoms with E-state index in [9.17, 15) is 14.4 Å². The summed E-state index contributed by atoms with van der Waals surface area (Å²) in [4.78, 5) is 80.8. The topological polar surface area (TPSA) is 201 Å². The number of hydrogen-bond donors (Lipinski definition) is 1. The summed E-state index contributed by atoms with van der Waals surface area (Å²) in [6.45, 7) is 4.89. The van der Waals surface area contributed by atoms with E-state index in [-0.39, 0.29) is 17.7 Å². The number of hydrogen-bond acceptors (Lipinski definition) is 14. The van der Waals surface area contributed by atoms with E-state index in [1.165, 1.54) is 34.7 Å². The minimum atomic E-state index is -0.346. The predicted molar refractivity (Wildman–Crippen MR) is 513 cm³/mol. The molecule has 0 atom stereocenters. The van der Waals surface area contributed by atoms with Gasteiger partial charge < -0.3 is 10.1 Å². The number of pyridine rings is 10. The van der Waals surface area contributed by atoms with Crippen molar-refractivity contribution in [2.75, 3.05) is 13.7 Å². The first-order valence-corrected chi connectivity index (χ1v) is 42.2. The molecule has 10 heterocycles. The van der Waals surface area contributed by atoms with Crippen molar-refractivity contribution >= 4 is 83.1 Å². The Labute approximate surface area is 733 Å². The van der Waals surface area contributed by atoms with Gasteiger partial charge in [-0.05, 0) is 138 Å². The molecule has 0 spiro atoms. The molecule has 1 N–H and O–H groups in total. The van der Waals surface area contributed by atoms with Crippen molar-refractivity contribution in [3.63, 3.8) is 0 Å². The number of benzene rings is 10. The van der Waals surface area contributed by atoms with Gasteiger partial charge in [0.2, 0.25) is 0 Å². The zero-order valence-electron chi connectivity index (χ0n) is 70.4.